The van der Waals surface area contributed by atoms with Gasteiger partial charge in [-0.25, -0.2) is 0 Å². The summed E-state index contributed by atoms with van der Waals surface area (Å²) in [5.74, 6) is 0. The topological polar surface area (TPSA) is 39.1 Å². The molecule has 1 aromatic carbocycles. The van der Waals surface area contributed by atoms with Crippen molar-refractivity contribution in [2.75, 3.05) is 13.6 Å². The van der Waals surface area contributed by atoms with Crippen LogP contribution in [0, 0.1) is 11.3 Å². The Morgan fingerprint density at radius 1 is 1.19 bits per heavy atom. The van der Waals surface area contributed by atoms with Crippen LogP contribution in [-0.4, -0.2) is 30.6 Å². The molecule has 0 radical (unpaired) electrons. The SMILES string of the molecule is CN(CC(C#N)(NC1CC1)c1ccccc1)C1CCCC1. The third-order valence-electron chi connectivity index (χ3n) is 4.92. The summed E-state index contributed by atoms with van der Waals surface area (Å²) in [6.45, 7) is 0.773. The van der Waals surface area contributed by atoms with E-state index in [0.717, 1.165) is 12.1 Å². The normalized spacial score (nSPS) is 22.1. The number of rotatable bonds is 6. The van der Waals surface area contributed by atoms with Crippen molar-refractivity contribution in [2.24, 2.45) is 0 Å². The van der Waals surface area contributed by atoms with Crippen LogP contribution in [0.15, 0.2) is 30.3 Å². The average molecular weight is 283 g/mol. The number of hydrogen-bond donors (Lipinski definition) is 1. The van der Waals surface area contributed by atoms with E-state index in [1.807, 2.05) is 18.2 Å². The largest absolute Gasteiger partial charge is 0.300 e. The van der Waals surface area contributed by atoms with Gasteiger partial charge in [-0.3, -0.25) is 5.32 Å². The predicted octanol–water partition coefficient (Wildman–Crippen LogP) is 3.03. The molecule has 21 heavy (non-hydrogen) atoms. The Morgan fingerprint density at radius 2 is 1.86 bits per heavy atom. The summed E-state index contributed by atoms with van der Waals surface area (Å²) >= 11 is 0. The molecule has 0 heterocycles. The molecule has 0 aromatic heterocycles. The van der Waals surface area contributed by atoms with E-state index in [-0.39, 0.29) is 0 Å². The molecule has 3 rings (SSSR count). The molecular formula is C18H25N3. The summed E-state index contributed by atoms with van der Waals surface area (Å²) in [5.41, 5.74) is 0.531. The Balaban J connectivity index is 1.82. The van der Waals surface area contributed by atoms with Gasteiger partial charge in [-0.15, -0.1) is 0 Å². The van der Waals surface area contributed by atoms with Gasteiger partial charge in [0, 0.05) is 18.6 Å². The lowest BCUT2D eigenvalue weighted by atomic mass is 9.90. The number of nitrogens with zero attached hydrogens (tertiary/aromatic N) is 2. The van der Waals surface area contributed by atoms with Crippen LogP contribution in [0.5, 0.6) is 0 Å². The molecule has 2 aliphatic rings. The van der Waals surface area contributed by atoms with Crippen LogP contribution in [0.2, 0.25) is 0 Å². The maximum Gasteiger partial charge on any atom is 0.145 e. The van der Waals surface area contributed by atoms with Crippen molar-refractivity contribution in [3.05, 3.63) is 35.9 Å². The van der Waals surface area contributed by atoms with E-state index in [9.17, 15) is 5.26 Å². The van der Waals surface area contributed by atoms with E-state index in [0.29, 0.717) is 12.1 Å². The van der Waals surface area contributed by atoms with Crippen LogP contribution in [0.4, 0.5) is 0 Å². The van der Waals surface area contributed by atoms with E-state index in [2.05, 4.69) is 35.5 Å². The first-order chi connectivity index (χ1) is 10.2. The molecule has 1 atom stereocenters. The number of benzene rings is 1. The van der Waals surface area contributed by atoms with Crippen molar-refractivity contribution in [1.82, 2.24) is 10.2 Å². The van der Waals surface area contributed by atoms with Crippen LogP contribution in [-0.2, 0) is 5.54 Å². The number of likely N-dealkylation sites (N-methyl/N-ethyl adjacent to an activating group) is 1. The lowest BCUT2D eigenvalue weighted by Gasteiger charge is -2.35. The molecule has 0 bridgehead atoms. The van der Waals surface area contributed by atoms with Gasteiger partial charge in [0.1, 0.15) is 5.54 Å². The van der Waals surface area contributed by atoms with Crippen molar-refractivity contribution < 1.29 is 0 Å². The molecule has 0 saturated heterocycles. The highest BCUT2D eigenvalue weighted by Crippen LogP contribution is 2.31. The maximum absolute atomic E-state index is 9.96. The van der Waals surface area contributed by atoms with Crippen LogP contribution in [0.1, 0.15) is 44.1 Å². The van der Waals surface area contributed by atoms with Gasteiger partial charge in [-0.2, -0.15) is 5.26 Å². The molecule has 112 valence electrons. The standard InChI is InChI=1S/C18H25N3/c1-21(17-9-5-6-10-17)14-18(13-19,20-16-11-12-16)15-7-3-2-4-8-15/h2-4,7-8,16-17,20H,5-6,9-12,14H2,1H3. The smallest absolute Gasteiger partial charge is 0.145 e. The molecule has 2 saturated carbocycles. The van der Waals surface area contributed by atoms with Gasteiger partial charge in [-0.1, -0.05) is 43.2 Å². The highest BCUT2D eigenvalue weighted by molar-refractivity contribution is 5.33. The first-order valence-corrected chi connectivity index (χ1v) is 8.18. The highest BCUT2D eigenvalue weighted by Gasteiger charge is 2.40. The quantitative estimate of drug-likeness (QED) is 0.872. The second-order valence-corrected chi connectivity index (χ2v) is 6.66. The zero-order valence-electron chi connectivity index (χ0n) is 12.9. The molecule has 2 aliphatic carbocycles. The van der Waals surface area contributed by atoms with Crippen LogP contribution in [0.25, 0.3) is 0 Å². The first kappa shape index (κ1) is 14.6. The monoisotopic (exact) mass is 283 g/mol. The van der Waals surface area contributed by atoms with Crippen molar-refractivity contribution in [3.63, 3.8) is 0 Å². The third kappa shape index (κ3) is 3.28. The molecule has 3 heteroatoms. The van der Waals surface area contributed by atoms with E-state index < -0.39 is 5.54 Å². The predicted molar refractivity (Wildman–Crippen MR) is 84.8 cm³/mol. The van der Waals surface area contributed by atoms with Crippen LogP contribution in [0.3, 0.4) is 0 Å². The van der Waals surface area contributed by atoms with Gasteiger partial charge in [0.15, 0.2) is 0 Å². The lowest BCUT2D eigenvalue weighted by molar-refractivity contribution is 0.190. The molecule has 0 aliphatic heterocycles. The van der Waals surface area contributed by atoms with Crippen LogP contribution >= 0.6 is 0 Å². The fraction of sp³-hybridized carbons (Fsp3) is 0.611. The Bertz CT molecular complexity index is 497. The average Bonchev–Trinajstić information content (AvgIpc) is 3.16. The van der Waals surface area contributed by atoms with E-state index >= 15 is 0 Å². The zero-order chi connectivity index (χ0) is 14.7. The first-order valence-electron chi connectivity index (χ1n) is 8.18. The Morgan fingerprint density at radius 3 is 2.43 bits per heavy atom. The Hall–Kier alpha value is -1.37. The summed E-state index contributed by atoms with van der Waals surface area (Å²) in [6.07, 6.45) is 7.60. The van der Waals surface area contributed by atoms with Gasteiger partial charge < -0.3 is 4.90 Å². The molecule has 1 aromatic rings. The van der Waals surface area contributed by atoms with Gasteiger partial charge >= 0.3 is 0 Å². The second-order valence-electron chi connectivity index (χ2n) is 6.66. The second kappa shape index (κ2) is 6.17. The van der Waals surface area contributed by atoms with E-state index in [1.165, 1.54) is 38.5 Å². The number of nitriles is 1. The number of nitrogens with one attached hydrogen (secondary N) is 1. The van der Waals surface area contributed by atoms with Crippen molar-refractivity contribution >= 4 is 0 Å². The van der Waals surface area contributed by atoms with Crippen molar-refractivity contribution in [2.45, 2.75) is 56.1 Å². The Labute approximate surface area is 128 Å². The van der Waals surface area contributed by atoms with Gasteiger partial charge in [-0.05, 0) is 38.3 Å². The Kier molecular flexibility index (Phi) is 4.28. The van der Waals surface area contributed by atoms with Gasteiger partial charge in [0.05, 0.1) is 6.07 Å². The molecule has 1 N–H and O–H groups in total. The summed E-state index contributed by atoms with van der Waals surface area (Å²) in [4.78, 5) is 2.40. The van der Waals surface area contributed by atoms with Crippen LogP contribution < -0.4 is 5.32 Å². The van der Waals surface area contributed by atoms with Crippen molar-refractivity contribution in [1.29, 1.82) is 5.26 Å². The summed E-state index contributed by atoms with van der Waals surface area (Å²) < 4.78 is 0. The zero-order valence-corrected chi connectivity index (χ0v) is 12.9. The maximum atomic E-state index is 9.96. The number of hydrogen-bond acceptors (Lipinski definition) is 3. The minimum absolute atomic E-state index is 0.516. The van der Waals surface area contributed by atoms with E-state index in [4.69, 9.17) is 0 Å². The lowest BCUT2D eigenvalue weighted by Crippen LogP contribution is -2.52. The van der Waals surface area contributed by atoms with Crippen molar-refractivity contribution in [3.8, 4) is 6.07 Å². The summed E-state index contributed by atoms with van der Waals surface area (Å²) in [7, 11) is 2.18. The molecule has 1 unspecified atom stereocenters. The minimum Gasteiger partial charge on any atom is -0.300 e. The minimum atomic E-state index is -0.570. The summed E-state index contributed by atoms with van der Waals surface area (Å²) in [6, 6.07) is 14.0. The molecule has 3 nitrogen and oxygen atoms in total. The van der Waals surface area contributed by atoms with E-state index in [1.54, 1.807) is 0 Å². The summed E-state index contributed by atoms with van der Waals surface area (Å²) in [5, 5.41) is 13.6. The molecular weight excluding hydrogens is 258 g/mol. The fourth-order valence-electron chi connectivity index (χ4n) is 3.50. The fourth-order valence-corrected chi connectivity index (χ4v) is 3.50. The van der Waals surface area contributed by atoms with Gasteiger partial charge in [0.2, 0.25) is 0 Å². The highest BCUT2D eigenvalue weighted by atomic mass is 15.2. The van der Waals surface area contributed by atoms with Gasteiger partial charge in [0.25, 0.3) is 0 Å². The molecule has 0 spiro atoms. The third-order valence-corrected chi connectivity index (χ3v) is 4.92. The molecule has 2 fully saturated rings. The molecule has 0 amide bonds.